The van der Waals surface area contributed by atoms with Crippen molar-refractivity contribution in [3.63, 3.8) is 0 Å². The Balaban J connectivity index is 2.32. The van der Waals surface area contributed by atoms with Crippen LogP contribution in [0.4, 0.5) is 10.1 Å². The third kappa shape index (κ3) is 2.60. The van der Waals surface area contributed by atoms with E-state index in [1.54, 1.807) is 18.2 Å². The second-order valence-corrected chi connectivity index (χ2v) is 4.46. The first kappa shape index (κ1) is 12.4. The molecule has 0 bridgehead atoms. The molecule has 0 radical (unpaired) electrons. The molecule has 2 aromatic rings. The standard InChI is InChI=1S/C13H8BrFN2O/c14-9-2-4-13(11(17)6-9)18-12-3-1-8(7-16)5-10(12)15/h1-6H,17H2. The lowest BCUT2D eigenvalue weighted by atomic mass is 10.2. The van der Waals surface area contributed by atoms with E-state index in [0.717, 1.165) is 10.5 Å². The van der Waals surface area contributed by atoms with E-state index in [2.05, 4.69) is 15.9 Å². The highest BCUT2D eigenvalue weighted by atomic mass is 79.9. The van der Waals surface area contributed by atoms with Gasteiger partial charge in [0.25, 0.3) is 0 Å². The normalized spacial score (nSPS) is 9.83. The van der Waals surface area contributed by atoms with Crippen LogP contribution in [0.15, 0.2) is 40.9 Å². The summed E-state index contributed by atoms with van der Waals surface area (Å²) < 4.78 is 19.8. The van der Waals surface area contributed by atoms with Crippen LogP contribution in [0.5, 0.6) is 11.5 Å². The first-order valence-electron chi connectivity index (χ1n) is 5.02. The van der Waals surface area contributed by atoms with Crippen molar-refractivity contribution in [2.45, 2.75) is 0 Å². The highest BCUT2D eigenvalue weighted by Gasteiger charge is 2.08. The van der Waals surface area contributed by atoms with Crippen molar-refractivity contribution in [1.82, 2.24) is 0 Å². The van der Waals surface area contributed by atoms with Crippen LogP contribution in [0.3, 0.4) is 0 Å². The molecule has 0 spiro atoms. The average Bonchev–Trinajstić information content (AvgIpc) is 2.34. The van der Waals surface area contributed by atoms with E-state index >= 15 is 0 Å². The van der Waals surface area contributed by atoms with Gasteiger partial charge in [-0.3, -0.25) is 0 Å². The van der Waals surface area contributed by atoms with E-state index < -0.39 is 5.82 Å². The zero-order chi connectivity index (χ0) is 13.1. The van der Waals surface area contributed by atoms with Gasteiger partial charge in [0.05, 0.1) is 17.3 Å². The molecule has 18 heavy (non-hydrogen) atoms. The number of nitrogens with two attached hydrogens (primary N) is 1. The average molecular weight is 307 g/mol. The highest BCUT2D eigenvalue weighted by Crippen LogP contribution is 2.31. The van der Waals surface area contributed by atoms with Gasteiger partial charge in [0, 0.05) is 4.47 Å². The van der Waals surface area contributed by atoms with Crippen molar-refractivity contribution in [3.8, 4) is 17.6 Å². The van der Waals surface area contributed by atoms with Crippen LogP contribution in [0.25, 0.3) is 0 Å². The Morgan fingerprint density at radius 3 is 2.50 bits per heavy atom. The van der Waals surface area contributed by atoms with Crippen LogP contribution in [0.2, 0.25) is 0 Å². The van der Waals surface area contributed by atoms with Gasteiger partial charge in [-0.05, 0) is 36.4 Å². The molecule has 0 aliphatic rings. The second-order valence-electron chi connectivity index (χ2n) is 3.54. The molecule has 0 saturated carbocycles. The SMILES string of the molecule is N#Cc1ccc(Oc2ccc(Br)cc2N)c(F)c1. The zero-order valence-corrected chi connectivity index (χ0v) is 10.7. The molecule has 90 valence electrons. The van der Waals surface area contributed by atoms with E-state index in [1.807, 2.05) is 6.07 Å². The summed E-state index contributed by atoms with van der Waals surface area (Å²) in [6, 6.07) is 10.9. The Bertz CT molecular complexity index is 637. The van der Waals surface area contributed by atoms with Crippen molar-refractivity contribution >= 4 is 21.6 Å². The molecule has 5 heteroatoms. The van der Waals surface area contributed by atoms with Gasteiger partial charge < -0.3 is 10.5 Å². The molecule has 2 N–H and O–H groups in total. The van der Waals surface area contributed by atoms with E-state index in [1.165, 1.54) is 12.1 Å². The van der Waals surface area contributed by atoms with E-state index in [4.69, 9.17) is 15.7 Å². The predicted octanol–water partition coefficient (Wildman–Crippen LogP) is 3.83. The Kier molecular flexibility index (Phi) is 3.49. The van der Waals surface area contributed by atoms with Gasteiger partial charge in [-0.1, -0.05) is 15.9 Å². The van der Waals surface area contributed by atoms with Crippen LogP contribution >= 0.6 is 15.9 Å². The van der Waals surface area contributed by atoms with Crippen molar-refractivity contribution in [3.05, 3.63) is 52.3 Å². The molecule has 0 aliphatic carbocycles. The zero-order valence-electron chi connectivity index (χ0n) is 9.15. The number of nitrogens with zero attached hydrogens (tertiary/aromatic N) is 1. The number of nitrogen functional groups attached to an aromatic ring is 1. The first-order valence-corrected chi connectivity index (χ1v) is 5.82. The number of anilines is 1. The minimum atomic E-state index is -0.601. The molecule has 3 nitrogen and oxygen atoms in total. The van der Waals surface area contributed by atoms with Gasteiger partial charge in [0.15, 0.2) is 17.3 Å². The molecule has 0 heterocycles. The fourth-order valence-corrected chi connectivity index (χ4v) is 1.76. The minimum Gasteiger partial charge on any atom is -0.452 e. The summed E-state index contributed by atoms with van der Waals surface area (Å²) in [5.74, 6) is -0.207. The van der Waals surface area contributed by atoms with Crippen LogP contribution in [0.1, 0.15) is 5.56 Å². The monoisotopic (exact) mass is 306 g/mol. The Labute approximate surface area is 112 Å². The first-order chi connectivity index (χ1) is 8.60. The maximum atomic E-state index is 13.6. The van der Waals surface area contributed by atoms with Crippen LogP contribution in [-0.4, -0.2) is 0 Å². The topological polar surface area (TPSA) is 59.0 Å². The van der Waals surface area contributed by atoms with E-state index in [9.17, 15) is 4.39 Å². The summed E-state index contributed by atoms with van der Waals surface area (Å²) in [6.07, 6.45) is 0. The third-order valence-electron chi connectivity index (χ3n) is 2.25. The quantitative estimate of drug-likeness (QED) is 0.858. The molecule has 0 aromatic heterocycles. The largest absolute Gasteiger partial charge is 0.452 e. The number of halogens is 2. The summed E-state index contributed by atoms with van der Waals surface area (Å²) in [4.78, 5) is 0. The molecule has 0 saturated heterocycles. The number of ether oxygens (including phenoxy) is 1. The predicted molar refractivity (Wildman–Crippen MR) is 69.7 cm³/mol. The maximum Gasteiger partial charge on any atom is 0.167 e. The van der Waals surface area contributed by atoms with E-state index in [-0.39, 0.29) is 11.3 Å². The molecule has 0 fully saturated rings. The fourth-order valence-electron chi connectivity index (χ4n) is 1.38. The molecule has 0 unspecified atom stereocenters. The number of benzene rings is 2. The van der Waals surface area contributed by atoms with Crippen molar-refractivity contribution in [2.24, 2.45) is 0 Å². The Hall–Kier alpha value is -2.06. The van der Waals surface area contributed by atoms with Gasteiger partial charge in [-0.2, -0.15) is 5.26 Å². The molecular formula is C13H8BrFN2O. The van der Waals surface area contributed by atoms with Gasteiger partial charge in [0.2, 0.25) is 0 Å². The van der Waals surface area contributed by atoms with Crippen LogP contribution in [0, 0.1) is 17.1 Å². The van der Waals surface area contributed by atoms with Gasteiger partial charge in [-0.15, -0.1) is 0 Å². The van der Waals surface area contributed by atoms with Crippen molar-refractivity contribution in [2.75, 3.05) is 5.73 Å². The smallest absolute Gasteiger partial charge is 0.167 e. The summed E-state index contributed by atoms with van der Waals surface area (Å²) in [5, 5.41) is 8.63. The summed E-state index contributed by atoms with van der Waals surface area (Å²) >= 11 is 3.27. The molecule has 2 rings (SSSR count). The highest BCUT2D eigenvalue weighted by molar-refractivity contribution is 9.10. The number of nitriles is 1. The molecule has 2 aromatic carbocycles. The van der Waals surface area contributed by atoms with Gasteiger partial charge in [-0.25, -0.2) is 4.39 Å². The summed E-state index contributed by atoms with van der Waals surface area (Å²) in [5.41, 5.74) is 6.38. The fraction of sp³-hybridized carbons (Fsp3) is 0. The molecular weight excluding hydrogens is 299 g/mol. The van der Waals surface area contributed by atoms with Gasteiger partial charge in [0.1, 0.15) is 0 Å². The number of rotatable bonds is 2. The molecule has 0 atom stereocenters. The lowest BCUT2D eigenvalue weighted by Gasteiger charge is -2.09. The summed E-state index contributed by atoms with van der Waals surface area (Å²) in [7, 11) is 0. The van der Waals surface area contributed by atoms with Gasteiger partial charge >= 0.3 is 0 Å². The minimum absolute atomic E-state index is 0.0306. The van der Waals surface area contributed by atoms with Crippen LogP contribution in [-0.2, 0) is 0 Å². The molecule has 0 aliphatic heterocycles. The Morgan fingerprint density at radius 2 is 1.89 bits per heavy atom. The number of hydrogen-bond acceptors (Lipinski definition) is 3. The lowest BCUT2D eigenvalue weighted by molar-refractivity contribution is 0.444. The Morgan fingerprint density at radius 1 is 1.17 bits per heavy atom. The maximum absolute atomic E-state index is 13.6. The second kappa shape index (κ2) is 5.07. The third-order valence-corrected chi connectivity index (χ3v) is 2.75. The van der Waals surface area contributed by atoms with Crippen molar-refractivity contribution < 1.29 is 9.13 Å². The summed E-state index contributed by atoms with van der Waals surface area (Å²) in [6.45, 7) is 0. The molecule has 0 amide bonds. The van der Waals surface area contributed by atoms with Crippen molar-refractivity contribution in [1.29, 1.82) is 5.26 Å². The lowest BCUT2D eigenvalue weighted by Crippen LogP contribution is -1.94. The number of hydrogen-bond donors (Lipinski definition) is 1. The van der Waals surface area contributed by atoms with Crippen LogP contribution < -0.4 is 10.5 Å². The van der Waals surface area contributed by atoms with E-state index in [0.29, 0.717) is 11.4 Å².